The predicted molar refractivity (Wildman–Crippen MR) is 147 cm³/mol. The van der Waals surface area contributed by atoms with Crippen LogP contribution in [0.2, 0.25) is 0 Å². The Morgan fingerprint density at radius 1 is 1.19 bits per heavy atom. The van der Waals surface area contributed by atoms with Gasteiger partial charge in [-0.15, -0.1) is 0 Å². The fourth-order valence-electron chi connectivity index (χ4n) is 4.59. The lowest BCUT2D eigenvalue weighted by Crippen LogP contribution is -2.48. The molecule has 0 atom stereocenters. The van der Waals surface area contributed by atoms with E-state index in [1.807, 2.05) is 24.3 Å². The van der Waals surface area contributed by atoms with Gasteiger partial charge in [-0.1, -0.05) is 54.3 Å². The average molecular weight is 538 g/mol. The molecule has 3 heterocycles. The number of hydrogen-bond acceptors (Lipinski definition) is 8. The molecule has 1 aromatic heterocycles. The number of rotatable bonds is 7. The fraction of sp³-hybridized carbons (Fsp3) is 0.346. The van der Waals surface area contributed by atoms with Crippen molar-refractivity contribution >= 4 is 52.1 Å². The number of hydrogen-bond donors (Lipinski definition) is 1. The number of pyridine rings is 1. The molecule has 2 aromatic rings. The highest BCUT2D eigenvalue weighted by Gasteiger charge is 2.33. The van der Waals surface area contributed by atoms with Crippen LogP contribution in [0.3, 0.4) is 0 Å². The first-order valence-electron chi connectivity index (χ1n) is 11.8. The summed E-state index contributed by atoms with van der Waals surface area (Å²) in [6.45, 7) is 5.47. The van der Waals surface area contributed by atoms with Crippen LogP contribution < -0.4 is 10.5 Å². The zero-order valence-electron chi connectivity index (χ0n) is 20.6. The van der Waals surface area contributed by atoms with Gasteiger partial charge >= 0.3 is 5.97 Å². The maximum Gasteiger partial charge on any atom is 0.305 e. The van der Waals surface area contributed by atoms with Gasteiger partial charge in [0.05, 0.1) is 11.3 Å². The van der Waals surface area contributed by atoms with Crippen LogP contribution in [0.25, 0.3) is 6.08 Å². The molecule has 0 saturated carbocycles. The van der Waals surface area contributed by atoms with Gasteiger partial charge in [-0.3, -0.25) is 28.8 Å². The van der Waals surface area contributed by atoms with E-state index in [1.54, 1.807) is 20.0 Å². The molecule has 11 heteroatoms. The van der Waals surface area contributed by atoms with Crippen LogP contribution in [0.15, 0.2) is 40.0 Å². The second-order valence-corrected chi connectivity index (χ2v) is 10.6. The fourth-order valence-corrected chi connectivity index (χ4v) is 5.88. The van der Waals surface area contributed by atoms with Gasteiger partial charge in [0.2, 0.25) is 0 Å². The summed E-state index contributed by atoms with van der Waals surface area (Å²) in [7, 11) is 1.64. The molecule has 37 heavy (non-hydrogen) atoms. The number of aromatic nitrogens is 1. The van der Waals surface area contributed by atoms with Crippen molar-refractivity contribution in [1.29, 1.82) is 5.26 Å². The van der Waals surface area contributed by atoms with E-state index in [1.165, 1.54) is 15.0 Å². The van der Waals surface area contributed by atoms with Crippen LogP contribution in [-0.2, 0) is 23.2 Å². The number of carbonyl (C=O) groups is 2. The molecule has 2 aliphatic rings. The van der Waals surface area contributed by atoms with E-state index in [0.29, 0.717) is 34.9 Å². The summed E-state index contributed by atoms with van der Waals surface area (Å²) in [5.74, 6) is -0.738. The standard InChI is InChI=1S/C26H27N5O4S2/c1-17-19(14-21-25(35)31(26(36)37-21)9-8-22(32)33)23(28(2)24(34)20(17)15-27)30-12-10-29(11-13-30)16-18-6-4-3-5-7-18/h3-7,14H,8-13,16H2,1-2H3,(H,32,33). The van der Waals surface area contributed by atoms with Gasteiger partial charge in [0, 0.05) is 51.9 Å². The molecule has 0 radical (unpaired) electrons. The minimum absolute atomic E-state index is 0.0106. The molecule has 2 aliphatic heterocycles. The first-order chi connectivity index (χ1) is 17.7. The normalized spacial score (nSPS) is 17.5. The second-order valence-electron chi connectivity index (χ2n) is 8.94. The highest BCUT2D eigenvalue weighted by molar-refractivity contribution is 8.26. The molecule has 4 rings (SSSR count). The Morgan fingerprint density at radius 3 is 2.49 bits per heavy atom. The van der Waals surface area contributed by atoms with Crippen molar-refractivity contribution in [2.24, 2.45) is 7.05 Å². The van der Waals surface area contributed by atoms with Gasteiger partial charge in [-0.25, -0.2) is 0 Å². The second kappa shape index (κ2) is 11.3. The van der Waals surface area contributed by atoms with Gasteiger partial charge in [0.15, 0.2) is 0 Å². The number of piperazine rings is 1. The largest absolute Gasteiger partial charge is 0.481 e. The van der Waals surface area contributed by atoms with Crippen LogP contribution in [-0.4, -0.2) is 68.4 Å². The van der Waals surface area contributed by atoms with Gasteiger partial charge < -0.3 is 10.0 Å². The van der Waals surface area contributed by atoms with Crippen molar-refractivity contribution in [3.05, 3.63) is 67.8 Å². The number of carbonyl (C=O) groups excluding carboxylic acids is 1. The number of anilines is 1. The lowest BCUT2D eigenvalue weighted by atomic mass is 10.0. The number of benzene rings is 1. The molecule has 2 saturated heterocycles. The molecule has 1 aromatic carbocycles. The van der Waals surface area contributed by atoms with E-state index in [9.17, 15) is 19.6 Å². The molecule has 1 N–H and O–H groups in total. The number of carboxylic acid groups (broad SMARTS) is 1. The van der Waals surface area contributed by atoms with Crippen molar-refractivity contribution < 1.29 is 14.7 Å². The van der Waals surface area contributed by atoms with E-state index >= 15 is 0 Å². The number of carboxylic acids is 1. The monoisotopic (exact) mass is 537 g/mol. The molecule has 1 amide bonds. The molecule has 192 valence electrons. The number of thioether (sulfide) groups is 1. The molecule has 9 nitrogen and oxygen atoms in total. The van der Waals surface area contributed by atoms with Crippen molar-refractivity contribution in [1.82, 2.24) is 14.4 Å². The minimum atomic E-state index is -1.01. The van der Waals surface area contributed by atoms with Crippen molar-refractivity contribution in [3.63, 3.8) is 0 Å². The Hall–Kier alpha value is -3.46. The zero-order chi connectivity index (χ0) is 26.7. The highest BCUT2D eigenvalue weighted by atomic mass is 32.2. The number of nitrogens with zero attached hydrogens (tertiary/aromatic N) is 5. The van der Waals surface area contributed by atoms with E-state index in [4.69, 9.17) is 17.3 Å². The lowest BCUT2D eigenvalue weighted by Gasteiger charge is -2.37. The first-order valence-corrected chi connectivity index (χ1v) is 13.1. The summed E-state index contributed by atoms with van der Waals surface area (Å²) in [5.41, 5.74) is 2.01. The minimum Gasteiger partial charge on any atom is -0.481 e. The Morgan fingerprint density at radius 2 is 1.86 bits per heavy atom. The van der Waals surface area contributed by atoms with Crippen LogP contribution in [0, 0.1) is 18.3 Å². The summed E-state index contributed by atoms with van der Waals surface area (Å²) in [4.78, 5) is 43.2. The molecular formula is C26H27N5O4S2. The molecular weight excluding hydrogens is 510 g/mol. The van der Waals surface area contributed by atoms with Crippen LogP contribution in [0.4, 0.5) is 5.82 Å². The van der Waals surface area contributed by atoms with Crippen LogP contribution in [0.5, 0.6) is 0 Å². The molecule has 0 bridgehead atoms. The van der Waals surface area contributed by atoms with Gasteiger partial charge in [-0.2, -0.15) is 5.26 Å². The third-order valence-electron chi connectivity index (χ3n) is 6.59. The average Bonchev–Trinajstić information content (AvgIpc) is 3.15. The third kappa shape index (κ3) is 5.61. The van der Waals surface area contributed by atoms with E-state index in [2.05, 4.69) is 21.9 Å². The number of aliphatic carboxylic acids is 1. The maximum absolute atomic E-state index is 13.1. The number of nitriles is 1. The zero-order valence-corrected chi connectivity index (χ0v) is 22.3. The van der Waals surface area contributed by atoms with Gasteiger partial charge in [0.25, 0.3) is 11.5 Å². The predicted octanol–water partition coefficient (Wildman–Crippen LogP) is 2.56. The topological polar surface area (TPSA) is 110 Å². The smallest absolute Gasteiger partial charge is 0.305 e. The molecule has 0 spiro atoms. The summed E-state index contributed by atoms with van der Waals surface area (Å²) < 4.78 is 1.77. The highest BCUT2D eigenvalue weighted by Crippen LogP contribution is 2.36. The van der Waals surface area contributed by atoms with E-state index in [-0.39, 0.29) is 34.3 Å². The van der Waals surface area contributed by atoms with Crippen LogP contribution in [0.1, 0.15) is 28.7 Å². The third-order valence-corrected chi connectivity index (χ3v) is 7.96. The first kappa shape index (κ1) is 26.6. The van der Waals surface area contributed by atoms with Crippen molar-refractivity contribution in [3.8, 4) is 6.07 Å². The Kier molecular flexibility index (Phi) is 8.12. The lowest BCUT2D eigenvalue weighted by molar-refractivity contribution is -0.137. The molecule has 2 fully saturated rings. The summed E-state index contributed by atoms with van der Waals surface area (Å²) in [6.07, 6.45) is 1.47. The van der Waals surface area contributed by atoms with Gasteiger partial charge in [0.1, 0.15) is 21.8 Å². The Labute approximate surface area is 224 Å². The SMILES string of the molecule is Cc1c(C=C2SC(=S)N(CCC(=O)O)C2=O)c(N2CCN(Cc3ccccc3)CC2)n(C)c(=O)c1C#N. The molecule has 0 unspecified atom stereocenters. The van der Waals surface area contributed by atoms with E-state index in [0.717, 1.165) is 31.4 Å². The van der Waals surface area contributed by atoms with Crippen molar-refractivity contribution in [2.45, 2.75) is 19.9 Å². The van der Waals surface area contributed by atoms with E-state index < -0.39 is 5.97 Å². The summed E-state index contributed by atoms with van der Waals surface area (Å²) in [5, 5.41) is 18.7. The molecule has 0 aliphatic carbocycles. The summed E-state index contributed by atoms with van der Waals surface area (Å²) in [6, 6.07) is 12.3. The van der Waals surface area contributed by atoms with Crippen LogP contribution >= 0.6 is 24.0 Å². The quantitative estimate of drug-likeness (QED) is 0.421. The Bertz CT molecular complexity index is 1370. The maximum atomic E-state index is 13.1. The van der Waals surface area contributed by atoms with Crippen molar-refractivity contribution in [2.75, 3.05) is 37.6 Å². The van der Waals surface area contributed by atoms with Gasteiger partial charge in [-0.05, 0) is 24.1 Å². The number of thiocarbonyl (C=S) groups is 1. The Balaban J connectivity index is 1.66. The number of amides is 1. The summed E-state index contributed by atoms with van der Waals surface area (Å²) >= 11 is 6.42.